The Labute approximate surface area is 175 Å². The molecule has 1 atom stereocenters. The fraction of sp³-hybridized carbons (Fsp3) is 0.292. The molecule has 0 saturated carbocycles. The van der Waals surface area contributed by atoms with Crippen LogP contribution in [-0.2, 0) is 16.0 Å². The molecule has 1 saturated heterocycles. The number of hydrogen-bond donors (Lipinski definition) is 1. The van der Waals surface area contributed by atoms with Crippen LogP contribution in [0, 0.1) is 6.92 Å². The molecular formula is C24H25N3O3. The fourth-order valence-corrected chi connectivity index (χ4v) is 3.88. The lowest BCUT2D eigenvalue weighted by Gasteiger charge is -2.29. The molecule has 2 heterocycles. The Bertz CT molecular complexity index is 1010. The van der Waals surface area contributed by atoms with Gasteiger partial charge in [0.05, 0.1) is 18.2 Å². The summed E-state index contributed by atoms with van der Waals surface area (Å²) < 4.78 is 5.94. The van der Waals surface area contributed by atoms with Crippen LogP contribution in [0.2, 0.25) is 0 Å². The molecule has 6 heteroatoms. The molecule has 2 aromatic carbocycles. The predicted octanol–water partition coefficient (Wildman–Crippen LogP) is 3.67. The number of carbonyl (C=O) groups is 2. The zero-order chi connectivity index (χ0) is 20.9. The van der Waals surface area contributed by atoms with Crippen molar-refractivity contribution in [3.05, 3.63) is 77.8 Å². The van der Waals surface area contributed by atoms with E-state index in [0.29, 0.717) is 25.4 Å². The summed E-state index contributed by atoms with van der Waals surface area (Å²) in [7, 11) is 0. The first-order chi connectivity index (χ1) is 14.6. The molecule has 2 amide bonds. The van der Waals surface area contributed by atoms with Crippen LogP contribution in [0.25, 0.3) is 11.3 Å². The third kappa shape index (κ3) is 4.43. The van der Waals surface area contributed by atoms with E-state index in [1.54, 1.807) is 4.90 Å². The lowest BCUT2D eigenvalue weighted by Crippen LogP contribution is -2.36. The standard InChI is InChI=1S/C24H25N3O3/c1-17-24(19-10-6-3-7-11-19)30-22(26-17)12-13-23(29)27-15-14-25-21(28)16-20(27)18-8-4-2-5-9-18/h2-11,20H,12-16H2,1H3,(H,25,28). The average Bonchev–Trinajstić information content (AvgIpc) is 3.03. The van der Waals surface area contributed by atoms with E-state index in [9.17, 15) is 9.59 Å². The number of nitrogens with zero attached hydrogens (tertiary/aromatic N) is 2. The zero-order valence-electron chi connectivity index (χ0n) is 17.0. The molecule has 1 aliphatic heterocycles. The number of carbonyl (C=O) groups excluding carboxylic acids is 2. The average molecular weight is 403 g/mol. The van der Waals surface area contributed by atoms with Crippen LogP contribution in [0.1, 0.15) is 36.0 Å². The van der Waals surface area contributed by atoms with Gasteiger partial charge in [-0.25, -0.2) is 4.98 Å². The summed E-state index contributed by atoms with van der Waals surface area (Å²) in [5.41, 5.74) is 2.76. The first-order valence-corrected chi connectivity index (χ1v) is 10.2. The maximum Gasteiger partial charge on any atom is 0.223 e. The summed E-state index contributed by atoms with van der Waals surface area (Å²) in [5, 5.41) is 2.87. The number of hydrogen-bond acceptors (Lipinski definition) is 4. The zero-order valence-corrected chi connectivity index (χ0v) is 17.0. The van der Waals surface area contributed by atoms with E-state index in [2.05, 4.69) is 10.3 Å². The maximum atomic E-state index is 13.1. The van der Waals surface area contributed by atoms with Crippen molar-refractivity contribution in [2.24, 2.45) is 0 Å². The second-order valence-corrected chi connectivity index (χ2v) is 7.46. The second-order valence-electron chi connectivity index (χ2n) is 7.46. The Hall–Kier alpha value is -3.41. The number of aromatic nitrogens is 1. The monoisotopic (exact) mass is 403 g/mol. The maximum absolute atomic E-state index is 13.1. The van der Waals surface area contributed by atoms with Gasteiger partial charge in [-0.3, -0.25) is 9.59 Å². The van der Waals surface area contributed by atoms with E-state index in [4.69, 9.17) is 4.42 Å². The van der Waals surface area contributed by atoms with E-state index in [-0.39, 0.29) is 30.7 Å². The Morgan fingerprint density at radius 2 is 1.83 bits per heavy atom. The Morgan fingerprint density at radius 1 is 1.13 bits per heavy atom. The lowest BCUT2D eigenvalue weighted by atomic mass is 10.0. The minimum Gasteiger partial charge on any atom is -0.440 e. The number of aryl methyl sites for hydroxylation is 2. The molecule has 6 nitrogen and oxygen atoms in total. The third-order valence-corrected chi connectivity index (χ3v) is 5.36. The third-order valence-electron chi connectivity index (χ3n) is 5.36. The van der Waals surface area contributed by atoms with Gasteiger partial charge < -0.3 is 14.6 Å². The predicted molar refractivity (Wildman–Crippen MR) is 114 cm³/mol. The van der Waals surface area contributed by atoms with Crippen molar-refractivity contribution in [2.75, 3.05) is 13.1 Å². The van der Waals surface area contributed by atoms with Crippen LogP contribution in [-0.4, -0.2) is 34.8 Å². The Balaban J connectivity index is 1.48. The van der Waals surface area contributed by atoms with Crippen molar-refractivity contribution in [1.82, 2.24) is 15.2 Å². The van der Waals surface area contributed by atoms with Crippen LogP contribution in [0.15, 0.2) is 65.1 Å². The molecule has 0 aliphatic carbocycles. The molecule has 1 aromatic heterocycles. The second kappa shape index (κ2) is 8.95. The molecule has 1 fully saturated rings. The number of benzene rings is 2. The van der Waals surface area contributed by atoms with Gasteiger partial charge in [-0.15, -0.1) is 0 Å². The van der Waals surface area contributed by atoms with Gasteiger partial charge in [0.15, 0.2) is 11.7 Å². The molecule has 0 bridgehead atoms. The first-order valence-electron chi connectivity index (χ1n) is 10.2. The molecule has 154 valence electrons. The largest absolute Gasteiger partial charge is 0.440 e. The number of amides is 2. The summed E-state index contributed by atoms with van der Waals surface area (Å²) >= 11 is 0. The quantitative estimate of drug-likeness (QED) is 0.705. The minimum atomic E-state index is -0.257. The van der Waals surface area contributed by atoms with Crippen molar-refractivity contribution >= 4 is 11.8 Å². The van der Waals surface area contributed by atoms with Gasteiger partial charge in [0, 0.05) is 31.5 Å². The molecule has 0 radical (unpaired) electrons. The summed E-state index contributed by atoms with van der Waals surface area (Å²) in [5.74, 6) is 1.26. The van der Waals surface area contributed by atoms with Gasteiger partial charge in [0.25, 0.3) is 0 Å². The molecule has 1 aliphatic rings. The van der Waals surface area contributed by atoms with E-state index in [1.807, 2.05) is 67.6 Å². The summed E-state index contributed by atoms with van der Waals surface area (Å²) in [6.45, 7) is 2.86. The van der Waals surface area contributed by atoms with Crippen molar-refractivity contribution in [3.63, 3.8) is 0 Å². The van der Waals surface area contributed by atoms with Crippen LogP contribution in [0.4, 0.5) is 0 Å². The van der Waals surface area contributed by atoms with Crippen molar-refractivity contribution in [3.8, 4) is 11.3 Å². The van der Waals surface area contributed by atoms with Gasteiger partial charge in [0.2, 0.25) is 11.8 Å². The smallest absolute Gasteiger partial charge is 0.223 e. The van der Waals surface area contributed by atoms with Gasteiger partial charge in [-0.1, -0.05) is 60.7 Å². The summed E-state index contributed by atoms with van der Waals surface area (Å²) in [6, 6.07) is 19.3. The lowest BCUT2D eigenvalue weighted by molar-refractivity contribution is -0.133. The molecule has 3 aromatic rings. The number of nitrogens with one attached hydrogen (secondary N) is 1. The van der Waals surface area contributed by atoms with Gasteiger partial charge in [-0.2, -0.15) is 0 Å². The summed E-state index contributed by atoms with van der Waals surface area (Å²) in [4.78, 5) is 31.5. The van der Waals surface area contributed by atoms with Crippen molar-refractivity contribution in [2.45, 2.75) is 32.2 Å². The highest BCUT2D eigenvalue weighted by Gasteiger charge is 2.29. The van der Waals surface area contributed by atoms with Gasteiger partial charge >= 0.3 is 0 Å². The topological polar surface area (TPSA) is 75.4 Å². The van der Waals surface area contributed by atoms with Crippen LogP contribution in [0.3, 0.4) is 0 Å². The van der Waals surface area contributed by atoms with E-state index >= 15 is 0 Å². The molecule has 1 unspecified atom stereocenters. The van der Waals surface area contributed by atoms with Gasteiger partial charge in [-0.05, 0) is 12.5 Å². The van der Waals surface area contributed by atoms with E-state index < -0.39 is 0 Å². The highest BCUT2D eigenvalue weighted by Crippen LogP contribution is 2.28. The highest BCUT2D eigenvalue weighted by molar-refractivity contribution is 5.81. The fourth-order valence-electron chi connectivity index (χ4n) is 3.88. The molecule has 30 heavy (non-hydrogen) atoms. The van der Waals surface area contributed by atoms with Gasteiger partial charge in [0.1, 0.15) is 0 Å². The molecule has 1 N–H and O–H groups in total. The van der Waals surface area contributed by atoms with E-state index in [1.165, 1.54) is 0 Å². The SMILES string of the molecule is Cc1nc(CCC(=O)N2CCNC(=O)CC2c2ccccc2)oc1-c1ccccc1. The Morgan fingerprint density at radius 3 is 2.57 bits per heavy atom. The first kappa shape index (κ1) is 19.9. The minimum absolute atomic E-state index is 0.00235. The molecule has 0 spiro atoms. The summed E-state index contributed by atoms with van der Waals surface area (Å²) in [6.07, 6.45) is 0.976. The van der Waals surface area contributed by atoms with Crippen molar-refractivity contribution < 1.29 is 14.0 Å². The normalized spacial score (nSPS) is 16.8. The van der Waals surface area contributed by atoms with E-state index in [0.717, 1.165) is 22.6 Å². The number of rotatable bonds is 5. The molecular weight excluding hydrogens is 378 g/mol. The van der Waals surface area contributed by atoms with Crippen LogP contribution >= 0.6 is 0 Å². The highest BCUT2D eigenvalue weighted by atomic mass is 16.4. The van der Waals surface area contributed by atoms with Crippen molar-refractivity contribution in [1.29, 1.82) is 0 Å². The van der Waals surface area contributed by atoms with Crippen LogP contribution in [0.5, 0.6) is 0 Å². The number of oxazole rings is 1. The van der Waals surface area contributed by atoms with Crippen LogP contribution < -0.4 is 5.32 Å². The Kier molecular flexibility index (Phi) is 5.93. The molecule has 4 rings (SSSR count).